The molecule has 0 radical (unpaired) electrons. The van der Waals surface area contributed by atoms with Crippen LogP contribution < -0.4 is 4.74 Å². The Kier molecular flexibility index (Phi) is 6.91. The lowest BCUT2D eigenvalue weighted by Crippen LogP contribution is -2.28. The Hall–Kier alpha value is -3.26. The molecule has 152 valence electrons. The Morgan fingerprint density at radius 3 is 2.79 bits per heavy atom. The molecule has 1 amide bonds. The Labute approximate surface area is 169 Å². The van der Waals surface area contributed by atoms with E-state index in [0.29, 0.717) is 24.4 Å². The number of aromatic nitrogens is 4. The van der Waals surface area contributed by atoms with E-state index in [1.165, 1.54) is 11.1 Å². The number of ether oxygens (including phenoxy) is 1. The maximum atomic E-state index is 12.8. The summed E-state index contributed by atoms with van der Waals surface area (Å²) in [6.07, 6.45) is 6.98. The minimum absolute atomic E-state index is 0.00152. The van der Waals surface area contributed by atoms with Crippen LogP contribution in [0.4, 0.5) is 0 Å². The zero-order valence-electron chi connectivity index (χ0n) is 16.2. The van der Waals surface area contributed by atoms with E-state index in [9.17, 15) is 9.90 Å². The molecule has 0 saturated carbocycles. The first-order valence-electron chi connectivity index (χ1n) is 9.46. The van der Waals surface area contributed by atoms with Crippen LogP contribution in [0, 0.1) is 5.92 Å². The number of amides is 1. The molecule has 2 atom stereocenters. The summed E-state index contributed by atoms with van der Waals surface area (Å²) in [4.78, 5) is 15.9. The van der Waals surface area contributed by atoms with E-state index in [1.54, 1.807) is 30.3 Å². The van der Waals surface area contributed by atoms with Gasteiger partial charge in [-0.25, -0.2) is 0 Å². The molecule has 1 aromatic heterocycles. The summed E-state index contributed by atoms with van der Waals surface area (Å²) in [7, 11) is 0. The zero-order chi connectivity index (χ0) is 20.6. The topological polar surface area (TPSA) is 93.4 Å². The highest BCUT2D eigenvalue weighted by Crippen LogP contribution is 2.26. The summed E-state index contributed by atoms with van der Waals surface area (Å²) >= 11 is 0. The van der Waals surface area contributed by atoms with Crippen molar-refractivity contribution in [3.8, 4) is 5.75 Å². The molecule has 8 nitrogen and oxygen atoms in total. The molecule has 0 spiro atoms. The maximum absolute atomic E-state index is 12.8. The van der Waals surface area contributed by atoms with Gasteiger partial charge in [0.2, 0.25) is 0 Å². The lowest BCUT2D eigenvalue weighted by Gasteiger charge is -2.17. The van der Waals surface area contributed by atoms with Crippen LogP contribution >= 0.6 is 0 Å². The van der Waals surface area contributed by atoms with Crippen molar-refractivity contribution in [1.82, 2.24) is 25.1 Å². The van der Waals surface area contributed by atoms with Gasteiger partial charge in [0.25, 0.3) is 5.91 Å². The number of likely N-dealkylation sites (tertiary alicyclic amines) is 1. The lowest BCUT2D eigenvalue weighted by atomic mass is 9.98. The van der Waals surface area contributed by atoms with E-state index in [1.807, 2.05) is 17.1 Å². The zero-order valence-corrected chi connectivity index (χ0v) is 16.2. The highest BCUT2D eigenvalue weighted by molar-refractivity contribution is 5.94. The average Bonchev–Trinajstić information content (AvgIpc) is 3.42. The molecule has 8 heteroatoms. The number of aliphatic hydroxyl groups excluding tert-OH is 1. The lowest BCUT2D eigenvalue weighted by molar-refractivity contribution is 0.0787. The number of carbonyl (C=O) groups is 1. The number of benzene rings is 1. The molecule has 1 aliphatic rings. The molecule has 1 aromatic carbocycles. The van der Waals surface area contributed by atoms with Crippen molar-refractivity contribution >= 4 is 5.91 Å². The van der Waals surface area contributed by atoms with Crippen molar-refractivity contribution < 1.29 is 14.6 Å². The van der Waals surface area contributed by atoms with Crippen molar-refractivity contribution in [1.29, 1.82) is 0 Å². The Morgan fingerprint density at radius 2 is 2.14 bits per heavy atom. The smallest absolute Gasteiger partial charge is 0.253 e. The van der Waals surface area contributed by atoms with Gasteiger partial charge in [0.05, 0.1) is 6.54 Å². The molecule has 3 rings (SSSR count). The average molecular weight is 395 g/mol. The molecule has 2 aromatic rings. The van der Waals surface area contributed by atoms with E-state index in [4.69, 9.17) is 4.74 Å². The van der Waals surface area contributed by atoms with Crippen molar-refractivity contribution in [3.63, 3.8) is 0 Å². The van der Waals surface area contributed by atoms with Crippen LogP contribution in [0.5, 0.6) is 5.75 Å². The monoisotopic (exact) mass is 395 g/mol. The van der Waals surface area contributed by atoms with Gasteiger partial charge in [-0.3, -0.25) is 4.79 Å². The van der Waals surface area contributed by atoms with Gasteiger partial charge in [-0.2, -0.15) is 4.80 Å². The fraction of sp³-hybridized carbons (Fsp3) is 0.333. The van der Waals surface area contributed by atoms with Gasteiger partial charge in [-0.1, -0.05) is 31.4 Å². The van der Waals surface area contributed by atoms with Crippen LogP contribution in [-0.2, 0) is 6.54 Å². The molecule has 1 unspecified atom stereocenters. The minimum atomic E-state index is -0.769. The van der Waals surface area contributed by atoms with Gasteiger partial charge >= 0.3 is 0 Å². The molecule has 1 aliphatic heterocycles. The van der Waals surface area contributed by atoms with Crippen LogP contribution in [0.3, 0.4) is 0 Å². The summed E-state index contributed by atoms with van der Waals surface area (Å²) in [6, 6.07) is 6.94. The maximum Gasteiger partial charge on any atom is 0.253 e. The van der Waals surface area contributed by atoms with Gasteiger partial charge in [-0.15, -0.1) is 10.2 Å². The summed E-state index contributed by atoms with van der Waals surface area (Å²) < 4.78 is 5.57. The van der Waals surface area contributed by atoms with Gasteiger partial charge < -0.3 is 14.7 Å². The van der Waals surface area contributed by atoms with Gasteiger partial charge in [-0.05, 0) is 41.5 Å². The molecule has 1 N–H and O–H groups in total. The minimum Gasteiger partial charge on any atom is -0.491 e. The number of hydrogen-bond donors (Lipinski definition) is 1. The highest BCUT2D eigenvalue weighted by atomic mass is 16.5. The molecule has 29 heavy (non-hydrogen) atoms. The fourth-order valence-electron chi connectivity index (χ4n) is 3.31. The van der Waals surface area contributed by atoms with Crippen LogP contribution in [-0.4, -0.2) is 61.9 Å². The van der Waals surface area contributed by atoms with E-state index < -0.39 is 6.10 Å². The van der Waals surface area contributed by atoms with E-state index >= 15 is 0 Å². The number of rotatable bonds is 9. The first-order chi connectivity index (χ1) is 14.1. The predicted molar refractivity (Wildman–Crippen MR) is 108 cm³/mol. The van der Waals surface area contributed by atoms with Crippen molar-refractivity contribution in [2.75, 3.05) is 19.7 Å². The Balaban J connectivity index is 1.52. The third kappa shape index (κ3) is 5.39. The van der Waals surface area contributed by atoms with Crippen molar-refractivity contribution in [2.45, 2.75) is 19.1 Å². The van der Waals surface area contributed by atoms with Gasteiger partial charge in [0, 0.05) is 24.6 Å². The quantitative estimate of drug-likeness (QED) is 0.652. The second kappa shape index (κ2) is 9.79. The molecule has 1 saturated heterocycles. The second-order valence-corrected chi connectivity index (χ2v) is 6.82. The third-order valence-electron chi connectivity index (χ3n) is 4.80. The van der Waals surface area contributed by atoms with Crippen LogP contribution in [0.25, 0.3) is 0 Å². The summed E-state index contributed by atoms with van der Waals surface area (Å²) in [6.45, 7) is 9.25. The first kappa shape index (κ1) is 20.5. The second-order valence-electron chi connectivity index (χ2n) is 6.82. The van der Waals surface area contributed by atoms with Gasteiger partial charge in [0.1, 0.15) is 18.5 Å². The Bertz CT molecular complexity index is 861. The highest BCUT2D eigenvalue weighted by Gasteiger charge is 2.28. The van der Waals surface area contributed by atoms with Gasteiger partial charge in [0.15, 0.2) is 6.33 Å². The number of aliphatic hydroxyl groups is 1. The molecular weight excluding hydrogens is 370 g/mol. The van der Waals surface area contributed by atoms with Crippen LogP contribution in [0.2, 0.25) is 0 Å². The van der Waals surface area contributed by atoms with Crippen molar-refractivity contribution in [2.24, 2.45) is 5.92 Å². The first-order valence-corrected chi connectivity index (χ1v) is 9.46. The summed E-state index contributed by atoms with van der Waals surface area (Å²) in [5, 5.41) is 21.1. The number of carbonyl (C=O) groups excluding carboxylic acids is 1. The molecule has 1 fully saturated rings. The van der Waals surface area contributed by atoms with Crippen molar-refractivity contribution in [3.05, 3.63) is 73.1 Å². The fourth-order valence-corrected chi connectivity index (χ4v) is 3.31. The molecule has 0 bridgehead atoms. The summed E-state index contributed by atoms with van der Waals surface area (Å²) in [5.41, 5.74) is 1.72. The normalized spacial score (nSPS) is 17.8. The number of tetrazole rings is 1. The SMILES string of the molecule is C=C/C=C(\C=C)C1CCN(C(=O)c2ccc(OC[C@H](O)Cn3ncnn3)cc2)C1. The molecular formula is C21H25N5O3. The van der Waals surface area contributed by atoms with E-state index in [2.05, 4.69) is 28.6 Å². The molecule has 2 heterocycles. The predicted octanol–water partition coefficient (Wildman–Crippen LogP) is 1.87. The summed E-state index contributed by atoms with van der Waals surface area (Å²) in [5.74, 6) is 0.866. The molecule has 0 aliphatic carbocycles. The van der Waals surface area contributed by atoms with Crippen LogP contribution in [0.1, 0.15) is 16.8 Å². The number of hydrogen-bond acceptors (Lipinski definition) is 6. The number of allylic oxidation sites excluding steroid dienone is 3. The van der Waals surface area contributed by atoms with E-state index in [-0.39, 0.29) is 25.0 Å². The standard InChI is InChI=1S/C21H25N5O3/c1-3-5-16(4-2)18-10-11-25(12-18)21(28)17-6-8-20(9-7-17)29-14-19(27)13-26-23-15-22-24-26/h3-9,15,18-19,27H,1-2,10-14H2/b16-5+/t18?,19-/m1/s1. The Morgan fingerprint density at radius 1 is 1.34 bits per heavy atom. The van der Waals surface area contributed by atoms with E-state index in [0.717, 1.165) is 12.0 Å². The number of nitrogens with zero attached hydrogens (tertiary/aromatic N) is 5. The van der Waals surface area contributed by atoms with Crippen LogP contribution in [0.15, 0.2) is 67.6 Å². The largest absolute Gasteiger partial charge is 0.491 e. The third-order valence-corrected chi connectivity index (χ3v) is 4.80.